The zero-order chi connectivity index (χ0) is 14.7. The Balaban J connectivity index is 1.60. The summed E-state index contributed by atoms with van der Waals surface area (Å²) in [6.45, 7) is 8.35. The highest BCUT2D eigenvalue weighted by molar-refractivity contribution is 5.53. The number of hydrogen-bond acceptors (Lipinski definition) is 4. The van der Waals surface area contributed by atoms with Crippen molar-refractivity contribution in [3.63, 3.8) is 0 Å². The van der Waals surface area contributed by atoms with Gasteiger partial charge < -0.3 is 14.4 Å². The summed E-state index contributed by atoms with van der Waals surface area (Å²) in [5.74, 6) is 0.989. The molecule has 0 radical (unpaired) electrons. The summed E-state index contributed by atoms with van der Waals surface area (Å²) in [6, 6.07) is 7.27. The Morgan fingerprint density at radius 1 is 1.10 bits per heavy atom. The lowest BCUT2D eigenvalue weighted by Crippen LogP contribution is -2.49. The van der Waals surface area contributed by atoms with E-state index < -0.39 is 0 Å². The van der Waals surface area contributed by atoms with Gasteiger partial charge in [-0.15, -0.1) is 0 Å². The van der Waals surface area contributed by atoms with Crippen molar-refractivity contribution in [1.29, 1.82) is 0 Å². The smallest absolute Gasteiger partial charge is 0.123 e. The highest BCUT2D eigenvalue weighted by Crippen LogP contribution is 2.28. The van der Waals surface area contributed by atoms with Gasteiger partial charge in [0.2, 0.25) is 0 Å². The molecule has 0 aromatic heterocycles. The second-order valence-electron chi connectivity index (χ2n) is 6.02. The Kier molecular flexibility index (Phi) is 4.66. The van der Waals surface area contributed by atoms with Crippen molar-refractivity contribution in [1.82, 2.24) is 4.90 Å². The molecule has 0 spiro atoms. The molecule has 0 saturated carbocycles. The van der Waals surface area contributed by atoms with Gasteiger partial charge in [0.25, 0.3) is 0 Å². The first-order valence-corrected chi connectivity index (χ1v) is 7.99. The number of methoxy groups -OCH3 is 1. The van der Waals surface area contributed by atoms with Gasteiger partial charge in [0.15, 0.2) is 0 Å². The molecule has 4 heteroatoms. The second kappa shape index (κ2) is 6.67. The molecule has 2 fully saturated rings. The minimum absolute atomic E-state index is 0.734. The molecular weight excluding hydrogens is 264 g/mol. The van der Waals surface area contributed by atoms with E-state index in [2.05, 4.69) is 34.9 Å². The van der Waals surface area contributed by atoms with Crippen LogP contribution in [0.5, 0.6) is 5.75 Å². The van der Waals surface area contributed by atoms with Crippen LogP contribution in [0.3, 0.4) is 0 Å². The topological polar surface area (TPSA) is 24.9 Å². The van der Waals surface area contributed by atoms with Crippen LogP contribution in [0.15, 0.2) is 18.2 Å². The zero-order valence-electron chi connectivity index (χ0n) is 13.2. The monoisotopic (exact) mass is 290 g/mol. The van der Waals surface area contributed by atoms with E-state index in [-0.39, 0.29) is 0 Å². The minimum Gasteiger partial charge on any atom is -0.496 e. The van der Waals surface area contributed by atoms with Crippen LogP contribution < -0.4 is 9.64 Å². The molecule has 116 valence electrons. The van der Waals surface area contributed by atoms with Crippen molar-refractivity contribution in [2.24, 2.45) is 0 Å². The van der Waals surface area contributed by atoms with Crippen molar-refractivity contribution < 1.29 is 9.47 Å². The van der Waals surface area contributed by atoms with E-state index in [9.17, 15) is 0 Å². The van der Waals surface area contributed by atoms with E-state index >= 15 is 0 Å². The summed E-state index contributed by atoms with van der Waals surface area (Å²) in [7, 11) is 1.75. The molecule has 1 aromatic rings. The zero-order valence-corrected chi connectivity index (χ0v) is 13.2. The molecule has 4 nitrogen and oxygen atoms in total. The van der Waals surface area contributed by atoms with E-state index in [0.29, 0.717) is 0 Å². The van der Waals surface area contributed by atoms with Crippen molar-refractivity contribution >= 4 is 5.69 Å². The maximum atomic E-state index is 5.45. The number of piperidine rings is 1. The average Bonchev–Trinajstić information content (AvgIpc) is 2.56. The molecule has 0 unspecified atom stereocenters. The average molecular weight is 290 g/mol. The van der Waals surface area contributed by atoms with E-state index in [1.54, 1.807) is 7.11 Å². The van der Waals surface area contributed by atoms with Gasteiger partial charge in [-0.05, 0) is 31.4 Å². The Bertz CT molecular complexity index is 464. The largest absolute Gasteiger partial charge is 0.496 e. The van der Waals surface area contributed by atoms with Gasteiger partial charge in [0.1, 0.15) is 5.75 Å². The van der Waals surface area contributed by atoms with Crippen LogP contribution in [-0.2, 0) is 4.74 Å². The molecule has 0 atom stereocenters. The number of morpholine rings is 1. The Morgan fingerprint density at radius 3 is 2.48 bits per heavy atom. The first-order valence-electron chi connectivity index (χ1n) is 7.99. The Labute approximate surface area is 127 Å². The molecule has 0 aliphatic carbocycles. The van der Waals surface area contributed by atoms with Crippen LogP contribution >= 0.6 is 0 Å². The summed E-state index contributed by atoms with van der Waals surface area (Å²) in [4.78, 5) is 5.09. The maximum Gasteiger partial charge on any atom is 0.123 e. The van der Waals surface area contributed by atoms with Crippen LogP contribution in [0.2, 0.25) is 0 Å². The lowest BCUT2D eigenvalue weighted by molar-refractivity contribution is 0.0115. The summed E-state index contributed by atoms with van der Waals surface area (Å²) in [6.07, 6.45) is 2.49. The molecule has 0 bridgehead atoms. The van der Waals surface area contributed by atoms with Gasteiger partial charge in [-0.3, -0.25) is 4.90 Å². The summed E-state index contributed by atoms with van der Waals surface area (Å²) >= 11 is 0. The van der Waals surface area contributed by atoms with Crippen molar-refractivity contribution in [3.8, 4) is 5.75 Å². The first kappa shape index (κ1) is 14.7. The Hall–Kier alpha value is -1.26. The molecule has 0 amide bonds. The number of hydrogen-bond donors (Lipinski definition) is 0. The number of anilines is 1. The van der Waals surface area contributed by atoms with Gasteiger partial charge in [-0.25, -0.2) is 0 Å². The van der Waals surface area contributed by atoms with Crippen LogP contribution in [0.25, 0.3) is 0 Å². The van der Waals surface area contributed by atoms with E-state index in [0.717, 1.165) is 51.2 Å². The summed E-state index contributed by atoms with van der Waals surface area (Å²) < 4.78 is 10.9. The number of rotatable bonds is 3. The fourth-order valence-electron chi connectivity index (χ4n) is 3.44. The molecule has 2 saturated heterocycles. The fraction of sp³-hybridized carbons (Fsp3) is 0.647. The van der Waals surface area contributed by atoms with Gasteiger partial charge in [-0.2, -0.15) is 0 Å². The number of ether oxygens (including phenoxy) is 2. The van der Waals surface area contributed by atoms with Crippen molar-refractivity contribution in [2.45, 2.75) is 25.8 Å². The van der Waals surface area contributed by atoms with Crippen molar-refractivity contribution in [3.05, 3.63) is 23.8 Å². The highest BCUT2D eigenvalue weighted by atomic mass is 16.5. The van der Waals surface area contributed by atoms with Crippen LogP contribution in [0.4, 0.5) is 5.69 Å². The number of benzene rings is 1. The molecule has 0 N–H and O–H groups in total. The predicted molar refractivity (Wildman–Crippen MR) is 85.4 cm³/mol. The van der Waals surface area contributed by atoms with Gasteiger partial charge in [0, 0.05) is 44.0 Å². The summed E-state index contributed by atoms with van der Waals surface area (Å²) in [5.41, 5.74) is 2.49. The number of aryl methyl sites for hydroxylation is 1. The minimum atomic E-state index is 0.734. The van der Waals surface area contributed by atoms with Crippen molar-refractivity contribution in [2.75, 3.05) is 51.4 Å². The lowest BCUT2D eigenvalue weighted by Gasteiger charge is -2.40. The fourth-order valence-corrected chi connectivity index (χ4v) is 3.44. The Morgan fingerprint density at radius 2 is 1.81 bits per heavy atom. The molecular formula is C17H26N2O2. The molecule has 3 rings (SSSR count). The van der Waals surface area contributed by atoms with E-state index in [1.807, 2.05) is 0 Å². The predicted octanol–water partition coefficient (Wildman–Crippen LogP) is 2.30. The van der Waals surface area contributed by atoms with E-state index in [1.165, 1.54) is 24.1 Å². The van der Waals surface area contributed by atoms with Crippen LogP contribution in [-0.4, -0.2) is 57.4 Å². The van der Waals surface area contributed by atoms with Gasteiger partial charge in [0.05, 0.1) is 20.3 Å². The highest BCUT2D eigenvalue weighted by Gasteiger charge is 2.26. The second-order valence-corrected chi connectivity index (χ2v) is 6.02. The van der Waals surface area contributed by atoms with Crippen LogP contribution in [0.1, 0.15) is 18.4 Å². The molecule has 2 heterocycles. The molecule has 1 aromatic carbocycles. The van der Waals surface area contributed by atoms with Gasteiger partial charge in [-0.1, -0.05) is 6.07 Å². The lowest BCUT2D eigenvalue weighted by atomic mass is 10.0. The van der Waals surface area contributed by atoms with Gasteiger partial charge >= 0.3 is 0 Å². The quantitative estimate of drug-likeness (QED) is 0.853. The third-order valence-corrected chi connectivity index (χ3v) is 4.78. The maximum absolute atomic E-state index is 5.45. The molecule has 2 aliphatic rings. The SMILES string of the molecule is COc1cc(N2CCC(N3CCOCC3)CC2)ccc1C. The van der Waals surface area contributed by atoms with E-state index in [4.69, 9.17) is 9.47 Å². The normalized spacial score (nSPS) is 21.5. The first-order chi connectivity index (χ1) is 10.3. The third kappa shape index (κ3) is 3.33. The standard InChI is InChI=1S/C17H26N2O2/c1-14-3-4-16(13-17(14)20-2)18-7-5-15(6-8-18)19-9-11-21-12-10-19/h3-4,13,15H,5-12H2,1-2H3. The van der Waals surface area contributed by atoms with Crippen LogP contribution in [0, 0.1) is 6.92 Å². The molecule has 2 aliphatic heterocycles. The molecule has 21 heavy (non-hydrogen) atoms. The third-order valence-electron chi connectivity index (χ3n) is 4.78. The summed E-state index contributed by atoms with van der Waals surface area (Å²) in [5, 5.41) is 0. The number of nitrogens with zero attached hydrogens (tertiary/aromatic N) is 2.